The number of imidazole rings is 1. The molecule has 7 nitrogen and oxygen atoms in total. The van der Waals surface area contributed by atoms with Crippen LogP contribution in [-0.4, -0.2) is 28.3 Å². The number of para-hydroxylation sites is 1. The summed E-state index contributed by atoms with van der Waals surface area (Å²) in [5.74, 6) is 0. The Morgan fingerprint density at radius 1 is 1.27 bits per heavy atom. The van der Waals surface area contributed by atoms with E-state index in [1.807, 2.05) is 42.5 Å². The molecular weight excluding hydrogens is 282 g/mol. The predicted octanol–water partition coefficient (Wildman–Crippen LogP) is 1.65. The molecule has 1 atom stereocenters. The first-order valence-electron chi connectivity index (χ1n) is 6.61. The van der Waals surface area contributed by atoms with Gasteiger partial charge in [-0.1, -0.05) is 18.2 Å². The van der Waals surface area contributed by atoms with Crippen LogP contribution >= 0.6 is 0 Å². The maximum atomic E-state index is 12.0. The fourth-order valence-corrected chi connectivity index (χ4v) is 2.37. The fourth-order valence-electron chi connectivity index (χ4n) is 2.37. The first-order chi connectivity index (χ1) is 10.7. The van der Waals surface area contributed by atoms with E-state index in [4.69, 9.17) is 15.3 Å². The molecule has 0 bridgehead atoms. The topological polar surface area (TPSA) is 94.9 Å². The minimum atomic E-state index is -0.421. The van der Waals surface area contributed by atoms with Crippen LogP contribution in [0.1, 0.15) is 11.4 Å². The molecular formula is C15H11N5O2. The van der Waals surface area contributed by atoms with Gasteiger partial charge < -0.3 is 9.30 Å². The van der Waals surface area contributed by atoms with E-state index in [-0.39, 0.29) is 17.9 Å². The highest BCUT2D eigenvalue weighted by molar-refractivity contribution is 5.89. The lowest BCUT2D eigenvalue weighted by Gasteiger charge is -2.12. The first-order valence-corrected chi connectivity index (χ1v) is 6.61. The van der Waals surface area contributed by atoms with Crippen molar-refractivity contribution in [3.63, 3.8) is 0 Å². The van der Waals surface area contributed by atoms with Crippen LogP contribution in [0.3, 0.4) is 0 Å². The van der Waals surface area contributed by atoms with Crippen molar-refractivity contribution in [3.8, 4) is 12.1 Å². The van der Waals surface area contributed by atoms with Gasteiger partial charge in [0.2, 0.25) is 0 Å². The summed E-state index contributed by atoms with van der Waals surface area (Å²) in [6.45, 7) is 0.667. The largest absolute Gasteiger partial charge is 0.442 e. The summed E-state index contributed by atoms with van der Waals surface area (Å²) >= 11 is 0. The average Bonchev–Trinajstić information content (AvgIpc) is 3.11. The summed E-state index contributed by atoms with van der Waals surface area (Å²) in [5.41, 5.74) is 1.02. The van der Waals surface area contributed by atoms with Gasteiger partial charge in [0.25, 0.3) is 0 Å². The van der Waals surface area contributed by atoms with Crippen LogP contribution in [0, 0.1) is 22.7 Å². The number of amides is 1. The lowest BCUT2D eigenvalue weighted by Crippen LogP contribution is -2.25. The van der Waals surface area contributed by atoms with Crippen molar-refractivity contribution < 1.29 is 9.53 Å². The zero-order valence-electron chi connectivity index (χ0n) is 11.5. The predicted molar refractivity (Wildman–Crippen MR) is 75.7 cm³/mol. The molecule has 1 unspecified atom stereocenters. The van der Waals surface area contributed by atoms with Gasteiger partial charge in [0.05, 0.1) is 19.4 Å². The van der Waals surface area contributed by atoms with Crippen molar-refractivity contribution in [2.24, 2.45) is 0 Å². The fraction of sp³-hybridized carbons (Fsp3) is 0.200. The van der Waals surface area contributed by atoms with Gasteiger partial charge in [-0.3, -0.25) is 4.90 Å². The van der Waals surface area contributed by atoms with E-state index in [1.165, 1.54) is 10.9 Å². The maximum Gasteiger partial charge on any atom is 0.414 e. The van der Waals surface area contributed by atoms with Crippen molar-refractivity contribution in [1.29, 1.82) is 10.5 Å². The maximum absolute atomic E-state index is 12.0. The first kappa shape index (κ1) is 13.7. The van der Waals surface area contributed by atoms with Gasteiger partial charge in [0.15, 0.2) is 11.4 Å². The highest BCUT2D eigenvalue weighted by Gasteiger charge is 2.33. The second-order valence-corrected chi connectivity index (χ2v) is 4.77. The molecule has 1 aliphatic rings. The number of aromatic nitrogens is 2. The molecule has 0 N–H and O–H groups in total. The lowest BCUT2D eigenvalue weighted by atomic mass is 10.2. The molecule has 7 heteroatoms. The quantitative estimate of drug-likeness (QED) is 0.857. The van der Waals surface area contributed by atoms with Gasteiger partial charge >= 0.3 is 6.09 Å². The Labute approximate surface area is 126 Å². The molecule has 2 aromatic rings. The number of nitriles is 2. The third-order valence-electron chi connectivity index (χ3n) is 3.39. The summed E-state index contributed by atoms with van der Waals surface area (Å²) in [4.78, 5) is 17.4. The highest BCUT2D eigenvalue weighted by atomic mass is 16.6. The van der Waals surface area contributed by atoms with E-state index in [0.717, 1.165) is 5.69 Å². The molecule has 1 aliphatic heterocycles. The number of nitrogens with zero attached hydrogens (tertiary/aromatic N) is 5. The van der Waals surface area contributed by atoms with Crippen molar-refractivity contribution in [2.75, 3.05) is 11.4 Å². The average molecular weight is 293 g/mol. The molecule has 1 fully saturated rings. The summed E-state index contributed by atoms with van der Waals surface area (Å²) in [7, 11) is 0. The standard InChI is InChI=1S/C15H11N5O2/c16-6-13-14(7-17)19(10-18-13)8-12-9-20(15(21)22-12)11-4-2-1-3-5-11/h1-5,10,12H,8-9H2. The van der Waals surface area contributed by atoms with Crippen LogP contribution in [0.5, 0.6) is 0 Å². The van der Waals surface area contributed by atoms with Crippen LogP contribution in [0.2, 0.25) is 0 Å². The van der Waals surface area contributed by atoms with Gasteiger partial charge in [0, 0.05) is 5.69 Å². The Kier molecular flexibility index (Phi) is 3.47. The Morgan fingerprint density at radius 2 is 2.05 bits per heavy atom. The van der Waals surface area contributed by atoms with E-state index < -0.39 is 12.2 Å². The second kappa shape index (κ2) is 5.58. The number of carbonyl (C=O) groups is 1. The Hall–Kier alpha value is -3.32. The van der Waals surface area contributed by atoms with Gasteiger partial charge in [0.1, 0.15) is 18.2 Å². The molecule has 22 heavy (non-hydrogen) atoms. The molecule has 1 saturated heterocycles. The third kappa shape index (κ3) is 2.36. The van der Waals surface area contributed by atoms with Crippen LogP contribution in [0.25, 0.3) is 0 Å². The van der Waals surface area contributed by atoms with Crippen LogP contribution in [0.4, 0.5) is 10.5 Å². The molecule has 108 valence electrons. The minimum absolute atomic E-state index is 0.0757. The Bertz CT molecular complexity index is 784. The van der Waals surface area contributed by atoms with E-state index >= 15 is 0 Å². The van der Waals surface area contributed by atoms with Crippen molar-refractivity contribution >= 4 is 11.8 Å². The molecule has 1 aromatic heterocycles. The molecule has 0 spiro atoms. The second-order valence-electron chi connectivity index (χ2n) is 4.77. The number of ether oxygens (including phenoxy) is 1. The number of anilines is 1. The number of cyclic esters (lactones) is 1. The molecule has 2 heterocycles. The normalized spacial score (nSPS) is 16.9. The van der Waals surface area contributed by atoms with E-state index in [2.05, 4.69) is 4.98 Å². The van der Waals surface area contributed by atoms with Gasteiger partial charge in [-0.15, -0.1) is 0 Å². The monoisotopic (exact) mass is 293 g/mol. The smallest absolute Gasteiger partial charge is 0.414 e. The van der Waals surface area contributed by atoms with Crippen molar-refractivity contribution in [3.05, 3.63) is 48.0 Å². The number of carbonyl (C=O) groups excluding carboxylic acids is 1. The Balaban J connectivity index is 1.76. The molecule has 1 aromatic carbocycles. The summed E-state index contributed by atoms with van der Waals surface area (Å²) in [6, 6.07) is 13.0. The van der Waals surface area contributed by atoms with Gasteiger partial charge in [-0.25, -0.2) is 9.78 Å². The van der Waals surface area contributed by atoms with Gasteiger partial charge in [-0.05, 0) is 12.1 Å². The van der Waals surface area contributed by atoms with Crippen molar-refractivity contribution in [1.82, 2.24) is 9.55 Å². The summed E-state index contributed by atoms with van der Waals surface area (Å²) in [6.07, 6.45) is 0.590. The van der Waals surface area contributed by atoms with Crippen LogP contribution in [-0.2, 0) is 11.3 Å². The Morgan fingerprint density at radius 3 is 2.73 bits per heavy atom. The minimum Gasteiger partial charge on any atom is -0.442 e. The molecule has 0 saturated carbocycles. The van der Waals surface area contributed by atoms with Gasteiger partial charge in [-0.2, -0.15) is 10.5 Å². The molecule has 0 aliphatic carbocycles. The lowest BCUT2D eigenvalue weighted by molar-refractivity contribution is 0.131. The zero-order chi connectivity index (χ0) is 15.5. The van der Waals surface area contributed by atoms with Crippen molar-refractivity contribution in [2.45, 2.75) is 12.6 Å². The highest BCUT2D eigenvalue weighted by Crippen LogP contribution is 2.22. The van der Waals surface area contributed by atoms with E-state index in [0.29, 0.717) is 6.54 Å². The number of hydrogen-bond acceptors (Lipinski definition) is 5. The van der Waals surface area contributed by atoms with Crippen LogP contribution in [0.15, 0.2) is 36.7 Å². The van der Waals surface area contributed by atoms with E-state index in [9.17, 15) is 4.79 Å². The summed E-state index contributed by atoms with van der Waals surface area (Å²) in [5, 5.41) is 18.0. The third-order valence-corrected chi connectivity index (χ3v) is 3.39. The number of rotatable bonds is 3. The molecule has 3 rings (SSSR count). The molecule has 1 amide bonds. The number of hydrogen-bond donors (Lipinski definition) is 0. The molecule has 0 radical (unpaired) electrons. The summed E-state index contributed by atoms with van der Waals surface area (Å²) < 4.78 is 6.85. The number of benzene rings is 1. The van der Waals surface area contributed by atoms with Crippen LogP contribution < -0.4 is 4.90 Å². The van der Waals surface area contributed by atoms with E-state index in [1.54, 1.807) is 4.90 Å². The zero-order valence-corrected chi connectivity index (χ0v) is 11.5. The SMILES string of the molecule is N#Cc1ncn(CC2CN(c3ccccc3)C(=O)O2)c1C#N.